The Balaban J connectivity index is 0.000000180. The summed E-state index contributed by atoms with van der Waals surface area (Å²) < 4.78 is 4.80. The molecule has 0 amide bonds. The molecule has 7 N–H and O–H groups in total. The number of ether oxygens (including phenoxy) is 1. The third kappa shape index (κ3) is 4.57. The van der Waals surface area contributed by atoms with Crippen molar-refractivity contribution in [2.75, 3.05) is 13.2 Å². The number of hydrogen-bond acceptors (Lipinski definition) is 6. The Bertz CT molecular complexity index is 282. The van der Waals surface area contributed by atoms with E-state index in [2.05, 4.69) is 16.8 Å². The van der Waals surface area contributed by atoms with Crippen molar-refractivity contribution < 1.29 is 36.0 Å². The summed E-state index contributed by atoms with van der Waals surface area (Å²) in [5, 5.41) is 23.0. The second kappa shape index (κ2) is 6.64. The van der Waals surface area contributed by atoms with Crippen LogP contribution in [0.15, 0.2) is 0 Å². The molecule has 2 saturated heterocycles. The SMILES string of the molecule is [NH3+][C@@H]1CN[C@H](C(=O)[O-])C1.[NH3+][C@@H]1CO[C@H](C(=O)[O-])C1. The van der Waals surface area contributed by atoms with Crippen molar-refractivity contribution in [3.63, 3.8) is 0 Å². The standard InChI is InChI=1S/C5H10N2O2.C5H9NO3/c6-3-1-4(5(8)9)7-2-3;6-3-1-4(5(7)8)9-2-3/h3-4,7H,1-2,6H2,(H,8,9);3-4H,1-2,6H2,(H,7,8)/t2*3-,4-/m00/s1. The molecule has 2 rings (SSSR count). The molecule has 0 unspecified atom stereocenters. The molecule has 4 atom stereocenters. The molecule has 2 heterocycles. The second-order valence-electron chi connectivity index (χ2n) is 4.62. The van der Waals surface area contributed by atoms with E-state index in [1.54, 1.807) is 0 Å². The molecule has 8 heteroatoms. The first-order valence-electron chi connectivity index (χ1n) is 5.83. The van der Waals surface area contributed by atoms with Crippen LogP contribution < -0.4 is 27.0 Å². The summed E-state index contributed by atoms with van der Waals surface area (Å²) in [5.41, 5.74) is 7.37. The Hall–Kier alpha value is -1.22. The highest BCUT2D eigenvalue weighted by Gasteiger charge is 2.25. The van der Waals surface area contributed by atoms with Crippen LogP contribution in [-0.2, 0) is 14.3 Å². The van der Waals surface area contributed by atoms with Crippen molar-refractivity contribution in [1.29, 1.82) is 0 Å². The van der Waals surface area contributed by atoms with Gasteiger partial charge >= 0.3 is 0 Å². The summed E-state index contributed by atoms with van der Waals surface area (Å²) in [6, 6.07) is -0.117. The van der Waals surface area contributed by atoms with Crippen molar-refractivity contribution in [2.24, 2.45) is 0 Å². The van der Waals surface area contributed by atoms with Crippen molar-refractivity contribution in [3.8, 4) is 0 Å². The van der Waals surface area contributed by atoms with Crippen molar-refractivity contribution in [1.82, 2.24) is 5.32 Å². The van der Waals surface area contributed by atoms with Crippen LogP contribution in [0, 0.1) is 0 Å². The Kier molecular flexibility index (Phi) is 5.48. The Morgan fingerprint density at radius 1 is 1.11 bits per heavy atom. The molecule has 0 aliphatic carbocycles. The number of rotatable bonds is 2. The van der Waals surface area contributed by atoms with Crippen LogP contribution in [0.4, 0.5) is 0 Å². The lowest BCUT2D eigenvalue weighted by Crippen LogP contribution is -2.61. The van der Waals surface area contributed by atoms with Crippen LogP contribution >= 0.6 is 0 Å². The number of carboxylic acids is 2. The molecule has 18 heavy (non-hydrogen) atoms. The molecule has 104 valence electrons. The van der Waals surface area contributed by atoms with Gasteiger partial charge in [0.2, 0.25) is 0 Å². The van der Waals surface area contributed by atoms with Crippen LogP contribution in [0.2, 0.25) is 0 Å². The lowest BCUT2D eigenvalue weighted by atomic mass is 10.2. The quantitative estimate of drug-likeness (QED) is 0.449. The number of hydrogen-bond donors (Lipinski definition) is 3. The van der Waals surface area contributed by atoms with E-state index in [4.69, 9.17) is 4.74 Å². The lowest BCUT2D eigenvalue weighted by molar-refractivity contribution is -0.416. The van der Waals surface area contributed by atoms with Gasteiger partial charge < -0.3 is 41.3 Å². The number of quaternary nitrogens is 2. The zero-order chi connectivity index (χ0) is 13.7. The molecule has 2 fully saturated rings. The van der Waals surface area contributed by atoms with E-state index < -0.39 is 24.1 Å². The highest BCUT2D eigenvalue weighted by atomic mass is 16.5. The highest BCUT2D eigenvalue weighted by Crippen LogP contribution is 2.08. The minimum absolute atomic E-state index is 0.118. The zero-order valence-corrected chi connectivity index (χ0v) is 10.1. The molecule has 0 radical (unpaired) electrons. The van der Waals surface area contributed by atoms with Crippen LogP contribution in [0.25, 0.3) is 0 Å². The van der Waals surface area contributed by atoms with Crippen molar-refractivity contribution in [2.45, 2.75) is 37.1 Å². The first kappa shape index (κ1) is 14.8. The normalized spacial score (nSPS) is 34.8. The topological polar surface area (TPSA) is 157 Å². The van der Waals surface area contributed by atoms with Crippen LogP contribution in [0.1, 0.15) is 12.8 Å². The number of carbonyl (C=O) groups is 2. The number of carboxylic acid groups (broad SMARTS) is 2. The van der Waals surface area contributed by atoms with Gasteiger partial charge in [0, 0.05) is 19.4 Å². The van der Waals surface area contributed by atoms with Gasteiger partial charge in [-0.3, -0.25) is 0 Å². The first-order chi connectivity index (χ1) is 8.40. The fourth-order valence-corrected chi connectivity index (χ4v) is 1.84. The molecule has 0 bridgehead atoms. The number of aliphatic carboxylic acids is 2. The maximum absolute atomic E-state index is 10.1. The third-order valence-electron chi connectivity index (χ3n) is 2.85. The average Bonchev–Trinajstić information content (AvgIpc) is 2.88. The van der Waals surface area contributed by atoms with E-state index in [9.17, 15) is 19.8 Å². The van der Waals surface area contributed by atoms with E-state index in [-0.39, 0.29) is 12.1 Å². The Labute approximate surface area is 104 Å². The van der Waals surface area contributed by atoms with Gasteiger partial charge in [-0.15, -0.1) is 0 Å². The van der Waals surface area contributed by atoms with E-state index in [0.717, 1.165) is 0 Å². The summed E-state index contributed by atoms with van der Waals surface area (Å²) in [4.78, 5) is 20.2. The van der Waals surface area contributed by atoms with Gasteiger partial charge in [0.1, 0.15) is 12.1 Å². The summed E-state index contributed by atoms with van der Waals surface area (Å²) in [6.45, 7) is 1.14. The largest absolute Gasteiger partial charge is 0.548 e. The molecule has 0 saturated carbocycles. The summed E-state index contributed by atoms with van der Waals surface area (Å²) >= 11 is 0. The second-order valence-corrected chi connectivity index (χ2v) is 4.62. The maximum Gasteiger partial charge on any atom is 0.111 e. The van der Waals surface area contributed by atoms with Gasteiger partial charge in [-0.05, 0) is 0 Å². The third-order valence-corrected chi connectivity index (χ3v) is 2.85. The fourth-order valence-electron chi connectivity index (χ4n) is 1.84. The summed E-state index contributed by atoms with van der Waals surface area (Å²) in [6.07, 6.45) is 0.373. The monoisotopic (exact) mass is 261 g/mol. The fraction of sp³-hybridized carbons (Fsp3) is 0.800. The molecule has 0 aromatic rings. The van der Waals surface area contributed by atoms with Gasteiger partial charge in [-0.2, -0.15) is 0 Å². The molecule has 0 aromatic carbocycles. The van der Waals surface area contributed by atoms with Crippen LogP contribution in [-0.4, -0.2) is 49.3 Å². The summed E-state index contributed by atoms with van der Waals surface area (Å²) in [5.74, 6) is -2.14. The van der Waals surface area contributed by atoms with E-state index in [1.165, 1.54) is 0 Å². The minimum Gasteiger partial charge on any atom is -0.548 e. The van der Waals surface area contributed by atoms with E-state index in [0.29, 0.717) is 26.0 Å². The molecule has 2 aliphatic heterocycles. The Morgan fingerprint density at radius 3 is 2.00 bits per heavy atom. The first-order valence-corrected chi connectivity index (χ1v) is 5.83. The maximum atomic E-state index is 10.1. The molecule has 0 aromatic heterocycles. The van der Waals surface area contributed by atoms with Gasteiger partial charge in [-0.1, -0.05) is 0 Å². The van der Waals surface area contributed by atoms with Gasteiger partial charge in [-0.25, -0.2) is 0 Å². The molecular formula is C10H19N3O5. The van der Waals surface area contributed by atoms with E-state index in [1.807, 2.05) is 0 Å². The lowest BCUT2D eigenvalue weighted by Gasteiger charge is -2.08. The molecular weight excluding hydrogens is 242 g/mol. The van der Waals surface area contributed by atoms with Crippen LogP contribution in [0.3, 0.4) is 0 Å². The smallest absolute Gasteiger partial charge is 0.111 e. The summed E-state index contributed by atoms with van der Waals surface area (Å²) in [7, 11) is 0. The van der Waals surface area contributed by atoms with Gasteiger partial charge in [0.15, 0.2) is 0 Å². The van der Waals surface area contributed by atoms with Crippen molar-refractivity contribution >= 4 is 11.9 Å². The van der Waals surface area contributed by atoms with E-state index >= 15 is 0 Å². The highest BCUT2D eigenvalue weighted by molar-refractivity contribution is 5.71. The number of nitrogens with one attached hydrogen (secondary N) is 1. The predicted octanol–water partition coefficient (Wildman–Crippen LogP) is -6.16. The minimum atomic E-state index is -1.12. The molecule has 0 spiro atoms. The van der Waals surface area contributed by atoms with Gasteiger partial charge in [0.05, 0.1) is 30.6 Å². The van der Waals surface area contributed by atoms with Crippen molar-refractivity contribution in [3.05, 3.63) is 0 Å². The number of carbonyl (C=O) groups excluding carboxylic acids is 2. The van der Waals surface area contributed by atoms with Gasteiger partial charge in [0.25, 0.3) is 0 Å². The Morgan fingerprint density at radius 2 is 1.78 bits per heavy atom. The average molecular weight is 261 g/mol. The molecule has 8 nitrogen and oxygen atoms in total. The molecule has 2 aliphatic rings. The zero-order valence-electron chi connectivity index (χ0n) is 10.1. The van der Waals surface area contributed by atoms with Crippen LogP contribution in [0.5, 0.6) is 0 Å². The predicted molar refractivity (Wildman–Crippen MR) is 54.1 cm³/mol.